The SMILES string of the molecule is CN(C)CC(=O)Nc1ccc2[nH]c(C(=O)N3CC(CCl)c4c3cc(O)c3ccc(C(=O)NCCCN)cc43)cc2c1. The van der Waals surface area contributed by atoms with E-state index in [0.717, 1.165) is 16.5 Å². The van der Waals surface area contributed by atoms with E-state index in [1.807, 2.05) is 26.2 Å². The molecule has 0 radical (unpaired) electrons. The van der Waals surface area contributed by atoms with Gasteiger partial charge in [0.1, 0.15) is 11.4 Å². The first-order valence-electron chi connectivity index (χ1n) is 13.4. The number of aromatic hydroxyl groups is 1. The van der Waals surface area contributed by atoms with E-state index >= 15 is 0 Å². The second kappa shape index (κ2) is 11.8. The van der Waals surface area contributed by atoms with Crippen LogP contribution in [0.15, 0.2) is 48.5 Å². The Morgan fingerprint density at radius 3 is 2.66 bits per heavy atom. The molecule has 2 heterocycles. The molecule has 41 heavy (non-hydrogen) atoms. The quantitative estimate of drug-likeness (QED) is 0.152. The molecule has 0 saturated carbocycles. The topological polar surface area (TPSA) is 144 Å². The Morgan fingerprint density at radius 2 is 1.93 bits per heavy atom. The molecule has 0 bridgehead atoms. The van der Waals surface area contributed by atoms with Crippen molar-refractivity contribution in [3.8, 4) is 5.75 Å². The van der Waals surface area contributed by atoms with Gasteiger partial charge in [-0.1, -0.05) is 0 Å². The van der Waals surface area contributed by atoms with Crippen LogP contribution in [0.1, 0.15) is 38.7 Å². The van der Waals surface area contributed by atoms with Crippen LogP contribution < -0.4 is 21.3 Å². The van der Waals surface area contributed by atoms with Crippen LogP contribution >= 0.6 is 11.6 Å². The summed E-state index contributed by atoms with van der Waals surface area (Å²) in [5.41, 5.74) is 9.11. The lowest BCUT2D eigenvalue weighted by molar-refractivity contribution is -0.116. The largest absolute Gasteiger partial charge is 0.507 e. The van der Waals surface area contributed by atoms with Crippen LogP contribution in [-0.4, -0.2) is 78.9 Å². The van der Waals surface area contributed by atoms with Crippen LogP contribution in [0.2, 0.25) is 0 Å². The number of anilines is 2. The van der Waals surface area contributed by atoms with E-state index in [0.29, 0.717) is 59.5 Å². The van der Waals surface area contributed by atoms with Crippen molar-refractivity contribution in [2.45, 2.75) is 12.3 Å². The molecule has 214 valence electrons. The molecule has 0 fully saturated rings. The number of phenols is 1. The van der Waals surface area contributed by atoms with E-state index in [9.17, 15) is 19.5 Å². The van der Waals surface area contributed by atoms with Gasteiger partial charge in [0.25, 0.3) is 11.8 Å². The summed E-state index contributed by atoms with van der Waals surface area (Å²) >= 11 is 6.40. The lowest BCUT2D eigenvalue weighted by Gasteiger charge is -2.18. The van der Waals surface area contributed by atoms with Crippen molar-refractivity contribution < 1.29 is 19.5 Å². The second-order valence-electron chi connectivity index (χ2n) is 10.5. The summed E-state index contributed by atoms with van der Waals surface area (Å²) in [6.45, 7) is 1.52. The Labute approximate surface area is 242 Å². The molecule has 3 amide bonds. The molecule has 0 saturated heterocycles. The van der Waals surface area contributed by atoms with Crippen molar-refractivity contribution >= 4 is 62.4 Å². The third-order valence-corrected chi connectivity index (χ3v) is 7.56. The number of hydrogen-bond acceptors (Lipinski definition) is 6. The molecule has 0 spiro atoms. The molecule has 1 aliphatic rings. The zero-order valence-corrected chi connectivity index (χ0v) is 23.7. The fourth-order valence-electron chi connectivity index (χ4n) is 5.30. The molecule has 10 nitrogen and oxygen atoms in total. The number of fused-ring (bicyclic) bond motifs is 4. The maximum atomic E-state index is 13.8. The van der Waals surface area contributed by atoms with Gasteiger partial charge >= 0.3 is 0 Å². The number of aromatic amines is 1. The number of halogens is 1. The van der Waals surface area contributed by atoms with Gasteiger partial charge in [-0.15, -0.1) is 11.6 Å². The van der Waals surface area contributed by atoms with Crippen LogP contribution in [0, 0.1) is 0 Å². The Morgan fingerprint density at radius 1 is 1.12 bits per heavy atom. The summed E-state index contributed by atoms with van der Waals surface area (Å²) in [7, 11) is 3.64. The van der Waals surface area contributed by atoms with Crippen LogP contribution in [0.25, 0.3) is 21.7 Å². The smallest absolute Gasteiger partial charge is 0.274 e. The number of rotatable bonds is 9. The minimum absolute atomic E-state index is 0.0108. The summed E-state index contributed by atoms with van der Waals surface area (Å²) in [5, 5.41) is 18.7. The van der Waals surface area contributed by atoms with Crippen molar-refractivity contribution in [1.29, 1.82) is 0 Å². The molecule has 4 aromatic rings. The van der Waals surface area contributed by atoms with E-state index < -0.39 is 0 Å². The highest BCUT2D eigenvalue weighted by Gasteiger charge is 2.35. The highest BCUT2D eigenvalue weighted by molar-refractivity contribution is 6.19. The molecular formula is C30H33ClN6O4. The first kappa shape index (κ1) is 28.4. The minimum atomic E-state index is -0.275. The molecule has 1 aromatic heterocycles. The normalized spacial score (nSPS) is 14.6. The Balaban J connectivity index is 1.47. The van der Waals surface area contributed by atoms with Crippen LogP contribution in [0.3, 0.4) is 0 Å². The maximum Gasteiger partial charge on any atom is 0.274 e. The van der Waals surface area contributed by atoms with Gasteiger partial charge in [-0.25, -0.2) is 0 Å². The number of hydrogen-bond donors (Lipinski definition) is 5. The molecule has 6 N–H and O–H groups in total. The third-order valence-electron chi connectivity index (χ3n) is 7.19. The fourth-order valence-corrected chi connectivity index (χ4v) is 5.55. The van der Waals surface area contributed by atoms with Crippen molar-refractivity contribution in [2.75, 3.05) is 56.4 Å². The predicted octanol–water partition coefficient (Wildman–Crippen LogP) is 3.59. The Kier molecular flexibility index (Phi) is 8.16. The predicted molar refractivity (Wildman–Crippen MR) is 162 cm³/mol. The monoisotopic (exact) mass is 576 g/mol. The average Bonchev–Trinajstić information content (AvgIpc) is 3.53. The number of carbonyl (C=O) groups excluding carboxylic acids is 3. The first-order valence-corrected chi connectivity index (χ1v) is 14.0. The van der Waals surface area contributed by atoms with E-state index in [2.05, 4.69) is 15.6 Å². The van der Waals surface area contributed by atoms with Gasteiger partial charge in [-0.2, -0.15) is 0 Å². The summed E-state index contributed by atoms with van der Waals surface area (Å²) in [6, 6.07) is 13.9. The number of benzene rings is 3. The van der Waals surface area contributed by atoms with Crippen LogP contribution in [-0.2, 0) is 4.79 Å². The number of alkyl halides is 1. The van der Waals surface area contributed by atoms with Gasteiger partial charge < -0.3 is 36.3 Å². The summed E-state index contributed by atoms with van der Waals surface area (Å²) in [4.78, 5) is 45.3. The molecule has 1 atom stereocenters. The van der Waals surface area contributed by atoms with E-state index in [1.165, 1.54) is 0 Å². The number of nitrogens with zero attached hydrogens (tertiary/aromatic N) is 2. The highest BCUT2D eigenvalue weighted by Crippen LogP contribution is 2.46. The zero-order valence-electron chi connectivity index (χ0n) is 23.0. The molecule has 0 aliphatic carbocycles. The first-order chi connectivity index (χ1) is 19.7. The minimum Gasteiger partial charge on any atom is -0.507 e. The molecule has 1 unspecified atom stereocenters. The molecular weight excluding hydrogens is 544 g/mol. The van der Waals surface area contributed by atoms with Gasteiger partial charge in [0.2, 0.25) is 5.91 Å². The lowest BCUT2D eigenvalue weighted by Crippen LogP contribution is -2.30. The fraction of sp³-hybridized carbons (Fsp3) is 0.300. The van der Waals surface area contributed by atoms with Crippen molar-refractivity contribution in [3.63, 3.8) is 0 Å². The number of likely N-dealkylation sites (N-methyl/N-ethyl adjacent to an activating group) is 1. The summed E-state index contributed by atoms with van der Waals surface area (Å²) in [6.07, 6.45) is 0.668. The van der Waals surface area contributed by atoms with E-state index in [-0.39, 0.29) is 41.8 Å². The number of carbonyl (C=O) groups is 3. The van der Waals surface area contributed by atoms with Gasteiger partial charge in [0, 0.05) is 58.5 Å². The number of aromatic nitrogens is 1. The van der Waals surface area contributed by atoms with Crippen LogP contribution in [0.5, 0.6) is 5.75 Å². The van der Waals surface area contributed by atoms with Gasteiger partial charge in [-0.3, -0.25) is 14.4 Å². The Bertz CT molecular complexity index is 1650. The Hall–Kier alpha value is -4.12. The van der Waals surface area contributed by atoms with Gasteiger partial charge in [-0.05, 0) is 80.5 Å². The highest BCUT2D eigenvalue weighted by atomic mass is 35.5. The molecule has 11 heteroatoms. The van der Waals surface area contributed by atoms with Crippen molar-refractivity contribution in [3.05, 3.63) is 65.4 Å². The van der Waals surface area contributed by atoms with Crippen molar-refractivity contribution in [2.24, 2.45) is 5.73 Å². The zero-order chi connectivity index (χ0) is 29.3. The third kappa shape index (κ3) is 5.72. The maximum absolute atomic E-state index is 13.8. The number of phenolic OH excluding ortho intramolecular Hbond substituents is 1. The van der Waals surface area contributed by atoms with Gasteiger partial charge in [0.05, 0.1) is 12.2 Å². The number of H-pyrrole nitrogens is 1. The number of nitrogens with one attached hydrogen (secondary N) is 3. The van der Waals surface area contributed by atoms with Crippen LogP contribution in [0.4, 0.5) is 11.4 Å². The van der Waals surface area contributed by atoms with E-state index in [4.69, 9.17) is 17.3 Å². The molecule has 5 rings (SSSR count). The van der Waals surface area contributed by atoms with Crippen molar-refractivity contribution in [1.82, 2.24) is 15.2 Å². The standard InChI is InChI=1S/C30H33ClN6O4/c1-36(2)16-27(39)34-20-5-7-23-18(10-20)12-24(35-23)30(41)37-15-19(14-31)28-22-11-17(29(40)33-9-3-8-32)4-6-21(22)26(38)13-25(28)37/h4-7,10-13,19,35,38H,3,8-9,14-16,32H2,1-2H3,(H,33,40)(H,34,39). The lowest BCUT2D eigenvalue weighted by atomic mass is 9.94. The van der Waals surface area contributed by atoms with E-state index in [1.54, 1.807) is 46.2 Å². The second-order valence-corrected chi connectivity index (χ2v) is 10.8. The molecule has 3 aromatic carbocycles. The molecule has 1 aliphatic heterocycles. The summed E-state index contributed by atoms with van der Waals surface area (Å²) in [5.74, 6) is -0.574. The average molecular weight is 577 g/mol. The van der Waals surface area contributed by atoms with Gasteiger partial charge in [0.15, 0.2) is 0 Å². The number of amides is 3. The number of nitrogens with two attached hydrogens (primary N) is 1. The summed E-state index contributed by atoms with van der Waals surface area (Å²) < 4.78 is 0.